The highest BCUT2D eigenvalue weighted by atomic mass is 35.5. The first-order valence-corrected chi connectivity index (χ1v) is 9.68. The predicted octanol–water partition coefficient (Wildman–Crippen LogP) is 2.93. The molecular formula is C19H18ClNO5S. The molecule has 2 aromatic rings. The van der Waals surface area contributed by atoms with E-state index in [-0.39, 0.29) is 19.1 Å². The molecule has 142 valence electrons. The predicted molar refractivity (Wildman–Crippen MR) is 102 cm³/mol. The van der Waals surface area contributed by atoms with E-state index in [1.807, 2.05) is 30.3 Å². The zero-order valence-electron chi connectivity index (χ0n) is 14.4. The third-order valence-corrected chi connectivity index (χ3v) is 4.89. The van der Waals surface area contributed by atoms with E-state index in [1.165, 1.54) is 0 Å². The molecule has 1 aliphatic rings. The molecule has 1 atom stereocenters. The van der Waals surface area contributed by atoms with E-state index in [9.17, 15) is 9.59 Å². The lowest BCUT2D eigenvalue weighted by Crippen LogP contribution is -2.39. The molecule has 1 amide bonds. The molecule has 0 saturated heterocycles. The lowest BCUT2D eigenvalue weighted by molar-refractivity contribution is -0.157. The highest BCUT2D eigenvalue weighted by molar-refractivity contribution is 7.99. The van der Waals surface area contributed by atoms with Gasteiger partial charge < -0.3 is 19.5 Å². The van der Waals surface area contributed by atoms with Crippen molar-refractivity contribution < 1.29 is 23.8 Å². The third kappa shape index (κ3) is 5.80. The molecule has 0 aromatic heterocycles. The summed E-state index contributed by atoms with van der Waals surface area (Å²) in [6, 6.07) is 14.5. The van der Waals surface area contributed by atoms with Gasteiger partial charge in [-0.25, -0.2) is 4.79 Å². The van der Waals surface area contributed by atoms with Gasteiger partial charge in [0.25, 0.3) is 5.91 Å². The van der Waals surface area contributed by atoms with Crippen LogP contribution in [0.15, 0.2) is 53.4 Å². The van der Waals surface area contributed by atoms with Crippen LogP contribution in [0.1, 0.15) is 0 Å². The Balaban J connectivity index is 1.33. The van der Waals surface area contributed by atoms with Crippen molar-refractivity contribution in [1.82, 2.24) is 5.32 Å². The molecule has 2 aromatic carbocycles. The highest BCUT2D eigenvalue weighted by Crippen LogP contribution is 2.31. The van der Waals surface area contributed by atoms with Gasteiger partial charge in [-0.3, -0.25) is 4.79 Å². The van der Waals surface area contributed by atoms with Crippen LogP contribution in [0, 0.1) is 0 Å². The Morgan fingerprint density at radius 3 is 2.67 bits per heavy atom. The van der Waals surface area contributed by atoms with Crippen LogP contribution >= 0.6 is 23.4 Å². The van der Waals surface area contributed by atoms with Crippen molar-refractivity contribution in [3.05, 3.63) is 53.6 Å². The average Bonchev–Trinajstić information content (AvgIpc) is 2.70. The number of fused-ring (bicyclic) bond motifs is 1. The number of benzene rings is 2. The van der Waals surface area contributed by atoms with E-state index in [0.29, 0.717) is 28.8 Å². The molecule has 0 fully saturated rings. The second-order valence-electron chi connectivity index (χ2n) is 5.62. The number of amides is 1. The van der Waals surface area contributed by atoms with Crippen LogP contribution in [-0.4, -0.2) is 43.5 Å². The Hall–Kier alpha value is -2.38. The second kappa shape index (κ2) is 9.53. The molecule has 3 rings (SSSR count). The summed E-state index contributed by atoms with van der Waals surface area (Å²) >= 11 is 7.43. The Morgan fingerprint density at radius 1 is 1.15 bits per heavy atom. The minimum absolute atomic E-state index is 0.0508. The fraction of sp³-hybridized carbons (Fsp3) is 0.263. The molecule has 1 heterocycles. The Morgan fingerprint density at radius 2 is 1.89 bits per heavy atom. The van der Waals surface area contributed by atoms with Gasteiger partial charge in [-0.1, -0.05) is 23.7 Å². The third-order valence-electron chi connectivity index (χ3n) is 3.62. The largest absolute Gasteiger partial charge is 0.485 e. The number of esters is 1. The van der Waals surface area contributed by atoms with Gasteiger partial charge in [0, 0.05) is 22.2 Å². The Labute approximate surface area is 166 Å². The summed E-state index contributed by atoms with van der Waals surface area (Å²) in [4.78, 5) is 24.9. The fourth-order valence-electron chi connectivity index (χ4n) is 2.31. The summed E-state index contributed by atoms with van der Waals surface area (Å²) in [5.41, 5.74) is 0. The number of hydrogen-bond donors (Lipinski definition) is 1. The molecule has 8 heteroatoms. The van der Waals surface area contributed by atoms with Crippen molar-refractivity contribution in [2.24, 2.45) is 0 Å². The molecule has 0 spiro atoms. The number of ether oxygens (including phenoxy) is 3. The number of hydrogen-bond acceptors (Lipinski definition) is 6. The van der Waals surface area contributed by atoms with Crippen molar-refractivity contribution >= 4 is 35.2 Å². The first-order valence-electron chi connectivity index (χ1n) is 8.32. The van der Waals surface area contributed by atoms with Crippen LogP contribution in [0.4, 0.5) is 0 Å². The monoisotopic (exact) mass is 407 g/mol. The molecule has 6 nitrogen and oxygen atoms in total. The molecular weight excluding hydrogens is 390 g/mol. The van der Waals surface area contributed by atoms with E-state index in [4.69, 9.17) is 25.8 Å². The van der Waals surface area contributed by atoms with Crippen LogP contribution in [0.3, 0.4) is 0 Å². The summed E-state index contributed by atoms with van der Waals surface area (Å²) in [5.74, 6) is 0.761. The van der Waals surface area contributed by atoms with Crippen LogP contribution in [0.25, 0.3) is 0 Å². The number of rotatable bonds is 7. The van der Waals surface area contributed by atoms with Gasteiger partial charge in [-0.15, -0.1) is 11.8 Å². The summed E-state index contributed by atoms with van der Waals surface area (Å²) in [7, 11) is 0. The van der Waals surface area contributed by atoms with Crippen LogP contribution in [0.2, 0.25) is 5.02 Å². The van der Waals surface area contributed by atoms with Gasteiger partial charge in [-0.2, -0.15) is 0 Å². The van der Waals surface area contributed by atoms with E-state index >= 15 is 0 Å². The van der Waals surface area contributed by atoms with Crippen LogP contribution < -0.4 is 14.8 Å². The second-order valence-corrected chi connectivity index (χ2v) is 7.23. The molecule has 0 unspecified atom stereocenters. The maximum absolute atomic E-state index is 12.0. The number of carbonyl (C=O) groups is 2. The molecule has 0 radical (unpaired) electrons. The van der Waals surface area contributed by atoms with Gasteiger partial charge >= 0.3 is 5.97 Å². The smallest absolute Gasteiger partial charge is 0.351 e. The van der Waals surface area contributed by atoms with E-state index in [1.54, 1.807) is 30.0 Å². The molecule has 0 aliphatic carbocycles. The normalized spacial score (nSPS) is 15.1. The number of nitrogens with one attached hydrogen (secondary N) is 1. The number of para-hydroxylation sites is 2. The summed E-state index contributed by atoms with van der Waals surface area (Å²) in [6.45, 7) is 0.154. The zero-order chi connectivity index (χ0) is 19.1. The minimum atomic E-state index is -0.881. The Bertz CT molecular complexity index is 799. The van der Waals surface area contributed by atoms with Crippen LogP contribution in [-0.2, 0) is 14.3 Å². The first-order chi connectivity index (χ1) is 13.1. The van der Waals surface area contributed by atoms with Crippen molar-refractivity contribution in [2.45, 2.75) is 11.0 Å². The lowest BCUT2D eigenvalue weighted by atomic mass is 10.2. The summed E-state index contributed by atoms with van der Waals surface area (Å²) in [6.07, 6.45) is -0.881. The molecule has 27 heavy (non-hydrogen) atoms. The topological polar surface area (TPSA) is 73.9 Å². The van der Waals surface area contributed by atoms with Gasteiger partial charge in [0.1, 0.15) is 6.61 Å². The Kier molecular flexibility index (Phi) is 6.84. The molecule has 0 bridgehead atoms. The maximum atomic E-state index is 12.0. The van der Waals surface area contributed by atoms with E-state index < -0.39 is 12.1 Å². The number of carbonyl (C=O) groups excluding carboxylic acids is 2. The van der Waals surface area contributed by atoms with Crippen molar-refractivity contribution in [1.29, 1.82) is 0 Å². The van der Waals surface area contributed by atoms with Crippen LogP contribution in [0.5, 0.6) is 11.5 Å². The summed E-state index contributed by atoms with van der Waals surface area (Å²) in [5, 5.41) is 3.39. The van der Waals surface area contributed by atoms with Gasteiger partial charge in [0.2, 0.25) is 6.10 Å². The van der Waals surface area contributed by atoms with Crippen molar-refractivity contribution in [2.75, 3.05) is 25.5 Å². The maximum Gasteiger partial charge on any atom is 0.351 e. The molecule has 1 N–H and O–H groups in total. The van der Waals surface area contributed by atoms with E-state index in [2.05, 4.69) is 5.32 Å². The zero-order valence-corrected chi connectivity index (χ0v) is 15.9. The summed E-state index contributed by atoms with van der Waals surface area (Å²) < 4.78 is 16.0. The quantitative estimate of drug-likeness (QED) is 0.432. The lowest BCUT2D eigenvalue weighted by Gasteiger charge is -2.24. The van der Waals surface area contributed by atoms with Gasteiger partial charge in [-0.05, 0) is 36.4 Å². The van der Waals surface area contributed by atoms with Gasteiger partial charge in [0.15, 0.2) is 18.1 Å². The minimum Gasteiger partial charge on any atom is -0.485 e. The molecule has 1 aliphatic heterocycles. The number of thioether (sulfide) groups is 1. The average molecular weight is 408 g/mol. The highest BCUT2D eigenvalue weighted by Gasteiger charge is 2.29. The van der Waals surface area contributed by atoms with Crippen molar-refractivity contribution in [3.8, 4) is 11.5 Å². The standard InChI is InChI=1S/C19H18ClNO5S/c20-13-5-7-14(8-6-13)27-10-9-21-18(22)12-25-19(23)17-11-24-15-3-1-2-4-16(15)26-17/h1-8,17H,9-12H2,(H,21,22)/t17-/m0/s1. The van der Waals surface area contributed by atoms with E-state index in [0.717, 1.165) is 4.90 Å². The number of halogens is 1. The first kappa shape index (κ1) is 19.4. The fourth-order valence-corrected chi connectivity index (χ4v) is 3.20. The van der Waals surface area contributed by atoms with Gasteiger partial charge in [0.05, 0.1) is 0 Å². The SMILES string of the molecule is O=C(COC(=O)[C@@H]1COc2ccccc2O1)NCCSc1ccc(Cl)cc1. The molecule has 0 saturated carbocycles. The van der Waals surface area contributed by atoms with Crippen molar-refractivity contribution in [3.63, 3.8) is 0 Å².